The van der Waals surface area contributed by atoms with Gasteiger partial charge in [0, 0.05) is 32.3 Å². The molecule has 0 aliphatic carbocycles. The second-order valence-corrected chi connectivity index (χ2v) is 7.63. The van der Waals surface area contributed by atoms with E-state index in [4.69, 9.17) is 9.15 Å². The third-order valence-corrected chi connectivity index (χ3v) is 5.24. The third kappa shape index (κ3) is 5.67. The van der Waals surface area contributed by atoms with E-state index in [-0.39, 0.29) is 18.4 Å². The summed E-state index contributed by atoms with van der Waals surface area (Å²) in [4.78, 5) is 29.7. The summed E-state index contributed by atoms with van der Waals surface area (Å²) in [6.07, 6.45) is 4.73. The van der Waals surface area contributed by atoms with Crippen molar-refractivity contribution >= 4 is 28.5 Å². The van der Waals surface area contributed by atoms with Gasteiger partial charge in [-0.25, -0.2) is 4.98 Å². The average Bonchev–Trinajstić information content (AvgIpc) is 3.48. The van der Waals surface area contributed by atoms with Gasteiger partial charge in [-0.1, -0.05) is 30.3 Å². The molecule has 0 unspecified atom stereocenters. The standard InChI is InChI=1S/C25H26N4O4/c1-32-16-23(30)28-19-14-21(25(31)26-11-9-20-8-5-13-33-20)24-22(15-19)27-17-29(24)12-10-18-6-3-2-4-7-18/h2-8,13-15,17H,9-12,16H2,1H3,(H,26,31)(H,28,30). The van der Waals surface area contributed by atoms with Gasteiger partial charge in [-0.3, -0.25) is 9.59 Å². The molecule has 0 atom stereocenters. The lowest BCUT2D eigenvalue weighted by Crippen LogP contribution is -2.26. The first-order chi connectivity index (χ1) is 16.1. The molecule has 8 nitrogen and oxygen atoms in total. The van der Waals surface area contributed by atoms with Crippen molar-refractivity contribution in [2.75, 3.05) is 25.6 Å². The van der Waals surface area contributed by atoms with Crippen molar-refractivity contribution in [2.24, 2.45) is 0 Å². The number of nitrogens with zero attached hydrogens (tertiary/aromatic N) is 2. The first-order valence-electron chi connectivity index (χ1n) is 10.8. The molecule has 2 heterocycles. The van der Waals surface area contributed by atoms with Gasteiger partial charge in [0.2, 0.25) is 5.91 Å². The van der Waals surface area contributed by atoms with Crippen molar-refractivity contribution < 1.29 is 18.7 Å². The number of methoxy groups -OCH3 is 1. The van der Waals surface area contributed by atoms with Crippen LogP contribution in [-0.2, 0) is 28.9 Å². The number of nitrogens with one attached hydrogen (secondary N) is 2. The zero-order valence-electron chi connectivity index (χ0n) is 18.4. The molecule has 170 valence electrons. The van der Waals surface area contributed by atoms with Crippen LogP contribution in [0.3, 0.4) is 0 Å². The van der Waals surface area contributed by atoms with E-state index in [9.17, 15) is 9.59 Å². The molecule has 0 bridgehead atoms. The average molecular weight is 447 g/mol. The molecular formula is C25H26N4O4. The minimum absolute atomic E-state index is 0.0752. The van der Waals surface area contributed by atoms with Crippen molar-refractivity contribution in [1.82, 2.24) is 14.9 Å². The lowest BCUT2D eigenvalue weighted by atomic mass is 10.1. The van der Waals surface area contributed by atoms with Crippen LogP contribution in [0, 0.1) is 0 Å². The van der Waals surface area contributed by atoms with Gasteiger partial charge >= 0.3 is 0 Å². The Bertz CT molecular complexity index is 1220. The highest BCUT2D eigenvalue weighted by atomic mass is 16.5. The number of aromatic nitrogens is 2. The number of hydrogen-bond acceptors (Lipinski definition) is 5. The highest BCUT2D eigenvalue weighted by Crippen LogP contribution is 2.24. The van der Waals surface area contributed by atoms with Gasteiger partial charge in [-0.15, -0.1) is 0 Å². The monoisotopic (exact) mass is 446 g/mol. The molecule has 2 amide bonds. The molecule has 4 rings (SSSR count). The summed E-state index contributed by atoms with van der Waals surface area (Å²) in [5.41, 5.74) is 3.51. The minimum atomic E-state index is -0.301. The molecule has 2 aromatic carbocycles. The summed E-state index contributed by atoms with van der Waals surface area (Å²) in [5.74, 6) is 0.259. The Hall–Kier alpha value is -3.91. The zero-order valence-corrected chi connectivity index (χ0v) is 18.4. The molecule has 0 aliphatic heterocycles. The Morgan fingerprint density at radius 2 is 1.94 bits per heavy atom. The van der Waals surface area contributed by atoms with Crippen LogP contribution < -0.4 is 10.6 Å². The Morgan fingerprint density at radius 3 is 2.70 bits per heavy atom. The van der Waals surface area contributed by atoms with E-state index >= 15 is 0 Å². The normalized spacial score (nSPS) is 10.9. The van der Waals surface area contributed by atoms with Crippen molar-refractivity contribution in [2.45, 2.75) is 19.4 Å². The number of imidazole rings is 1. The van der Waals surface area contributed by atoms with Crippen LogP contribution in [0.5, 0.6) is 0 Å². The van der Waals surface area contributed by atoms with Crippen molar-refractivity contribution in [3.05, 3.63) is 84.1 Å². The quantitative estimate of drug-likeness (QED) is 0.389. The number of rotatable bonds is 10. The lowest BCUT2D eigenvalue weighted by Gasteiger charge is -2.12. The molecule has 0 radical (unpaired) electrons. The van der Waals surface area contributed by atoms with E-state index < -0.39 is 0 Å². The molecule has 0 aliphatic rings. The molecule has 2 N–H and O–H groups in total. The summed E-state index contributed by atoms with van der Waals surface area (Å²) in [6.45, 7) is 1.02. The van der Waals surface area contributed by atoms with E-state index in [0.717, 1.165) is 17.7 Å². The van der Waals surface area contributed by atoms with Gasteiger partial charge < -0.3 is 24.4 Å². The van der Waals surface area contributed by atoms with E-state index in [2.05, 4.69) is 27.8 Å². The largest absolute Gasteiger partial charge is 0.469 e. The number of carbonyl (C=O) groups is 2. The van der Waals surface area contributed by atoms with Gasteiger partial charge in [0.15, 0.2) is 0 Å². The molecule has 33 heavy (non-hydrogen) atoms. The lowest BCUT2D eigenvalue weighted by molar-refractivity contribution is -0.119. The van der Waals surface area contributed by atoms with Crippen LogP contribution in [0.15, 0.2) is 71.6 Å². The summed E-state index contributed by atoms with van der Waals surface area (Å²) >= 11 is 0. The first-order valence-corrected chi connectivity index (χ1v) is 10.8. The number of hydrogen-bond donors (Lipinski definition) is 2. The van der Waals surface area contributed by atoms with E-state index in [1.807, 2.05) is 34.9 Å². The minimum Gasteiger partial charge on any atom is -0.469 e. The number of aryl methyl sites for hydroxylation is 2. The highest BCUT2D eigenvalue weighted by molar-refractivity contribution is 6.07. The van der Waals surface area contributed by atoms with E-state index in [1.54, 1.807) is 24.7 Å². The molecule has 0 spiro atoms. The van der Waals surface area contributed by atoms with Gasteiger partial charge in [0.1, 0.15) is 12.4 Å². The van der Waals surface area contributed by atoms with Gasteiger partial charge in [0.25, 0.3) is 5.91 Å². The zero-order chi connectivity index (χ0) is 23.0. The fourth-order valence-corrected chi connectivity index (χ4v) is 3.70. The topological polar surface area (TPSA) is 98.4 Å². The van der Waals surface area contributed by atoms with Gasteiger partial charge in [-0.05, 0) is 36.2 Å². The predicted molar refractivity (Wildman–Crippen MR) is 125 cm³/mol. The molecular weight excluding hydrogens is 420 g/mol. The predicted octanol–water partition coefficient (Wildman–Crippen LogP) is 3.43. The maximum atomic E-state index is 13.2. The van der Waals surface area contributed by atoms with Crippen molar-refractivity contribution in [3.63, 3.8) is 0 Å². The van der Waals surface area contributed by atoms with Crippen LogP contribution in [0.25, 0.3) is 11.0 Å². The Labute approximate surface area is 191 Å². The third-order valence-electron chi connectivity index (χ3n) is 5.24. The van der Waals surface area contributed by atoms with Crippen LogP contribution in [0.4, 0.5) is 5.69 Å². The number of amides is 2. The molecule has 8 heteroatoms. The summed E-state index contributed by atoms with van der Waals surface area (Å²) in [6, 6.07) is 17.3. The van der Waals surface area contributed by atoms with Crippen molar-refractivity contribution in [3.8, 4) is 0 Å². The fraction of sp³-hybridized carbons (Fsp3) is 0.240. The molecule has 0 fully saturated rings. The second-order valence-electron chi connectivity index (χ2n) is 7.63. The number of furan rings is 1. The van der Waals surface area contributed by atoms with Gasteiger partial charge in [0.05, 0.1) is 29.2 Å². The van der Waals surface area contributed by atoms with E-state index in [1.165, 1.54) is 12.7 Å². The Morgan fingerprint density at radius 1 is 1.09 bits per heavy atom. The highest BCUT2D eigenvalue weighted by Gasteiger charge is 2.17. The summed E-state index contributed by atoms with van der Waals surface area (Å²) in [5, 5.41) is 5.72. The maximum Gasteiger partial charge on any atom is 0.253 e. The summed E-state index contributed by atoms with van der Waals surface area (Å²) in [7, 11) is 1.45. The fourth-order valence-electron chi connectivity index (χ4n) is 3.70. The summed E-state index contributed by atoms with van der Waals surface area (Å²) < 4.78 is 12.2. The molecule has 4 aromatic rings. The number of ether oxygens (including phenoxy) is 1. The van der Waals surface area contributed by atoms with Crippen molar-refractivity contribution in [1.29, 1.82) is 0 Å². The Kier molecular flexibility index (Phi) is 7.16. The molecule has 0 saturated carbocycles. The van der Waals surface area contributed by atoms with Crippen LogP contribution in [-0.4, -0.2) is 41.6 Å². The van der Waals surface area contributed by atoms with Crippen LogP contribution in [0.1, 0.15) is 21.7 Å². The smallest absolute Gasteiger partial charge is 0.253 e. The van der Waals surface area contributed by atoms with Crippen LogP contribution >= 0.6 is 0 Å². The molecule has 0 saturated heterocycles. The number of anilines is 1. The SMILES string of the molecule is COCC(=O)Nc1cc(C(=O)NCCc2ccco2)c2c(c1)ncn2CCc1ccccc1. The first kappa shape index (κ1) is 22.3. The van der Waals surface area contributed by atoms with Gasteiger partial charge in [-0.2, -0.15) is 0 Å². The van der Waals surface area contributed by atoms with E-state index in [0.29, 0.717) is 36.3 Å². The van der Waals surface area contributed by atoms with Crippen LogP contribution in [0.2, 0.25) is 0 Å². The second kappa shape index (κ2) is 10.6. The Balaban J connectivity index is 1.59. The molecule has 2 aromatic heterocycles. The number of benzene rings is 2. The number of fused-ring (bicyclic) bond motifs is 1. The maximum absolute atomic E-state index is 13.2. The number of carbonyl (C=O) groups excluding carboxylic acids is 2.